The minimum atomic E-state index is 0.989. The van der Waals surface area contributed by atoms with Crippen molar-refractivity contribution in [1.29, 1.82) is 0 Å². The van der Waals surface area contributed by atoms with Gasteiger partial charge in [-0.25, -0.2) is 0 Å². The van der Waals surface area contributed by atoms with Crippen LogP contribution in [0.5, 0.6) is 0 Å². The van der Waals surface area contributed by atoms with Crippen molar-refractivity contribution in [3.8, 4) is 0 Å². The molecule has 0 nitrogen and oxygen atoms in total. The molecule has 0 heteroatoms. The van der Waals surface area contributed by atoms with Crippen LogP contribution in [0, 0.1) is 11.8 Å². The lowest BCUT2D eigenvalue weighted by molar-refractivity contribution is 0.369. The van der Waals surface area contributed by atoms with Crippen molar-refractivity contribution in [2.24, 2.45) is 5.92 Å². The molecule has 0 aliphatic carbocycles. The lowest BCUT2D eigenvalue weighted by Crippen LogP contribution is -2.09. The van der Waals surface area contributed by atoms with Crippen molar-refractivity contribution >= 4 is 0 Å². The Morgan fingerprint density at radius 3 is 1.03 bits per heavy atom. The van der Waals surface area contributed by atoms with E-state index in [0.717, 1.165) is 5.92 Å². The number of rotatable bonds is 29. The van der Waals surface area contributed by atoms with E-state index < -0.39 is 0 Å². The van der Waals surface area contributed by atoms with Gasteiger partial charge in [0.05, 0.1) is 0 Å². The summed E-state index contributed by atoms with van der Waals surface area (Å²) in [4.78, 5) is 0. The van der Waals surface area contributed by atoms with Crippen LogP contribution in [0.1, 0.15) is 207 Å². The summed E-state index contributed by atoms with van der Waals surface area (Å²) in [6.07, 6.45) is 40.7. The second-order valence-corrected chi connectivity index (χ2v) is 11.6. The van der Waals surface area contributed by atoms with Crippen molar-refractivity contribution in [3.05, 3.63) is 5.92 Å². The maximum atomic E-state index is 2.35. The minimum absolute atomic E-state index is 0.989. The SMILES string of the molecule is CCCCCCCCC[C](CCCCCCCC)CC(CCCCCC)CCCCCCCC. The van der Waals surface area contributed by atoms with Crippen LogP contribution in [0.25, 0.3) is 0 Å². The molecule has 0 aliphatic heterocycles. The topological polar surface area (TPSA) is 0 Å². The Morgan fingerprint density at radius 1 is 0.353 bits per heavy atom. The van der Waals surface area contributed by atoms with E-state index in [-0.39, 0.29) is 0 Å². The molecule has 0 aliphatic rings. The average Bonchev–Trinajstić information content (AvgIpc) is 2.84. The van der Waals surface area contributed by atoms with Crippen LogP contribution >= 0.6 is 0 Å². The molecule has 0 aromatic rings. The highest BCUT2D eigenvalue weighted by molar-refractivity contribution is 4.91. The van der Waals surface area contributed by atoms with Crippen LogP contribution in [0.15, 0.2) is 0 Å². The molecule has 1 unspecified atom stereocenters. The van der Waals surface area contributed by atoms with Crippen molar-refractivity contribution in [2.45, 2.75) is 207 Å². The molecule has 0 saturated carbocycles. The van der Waals surface area contributed by atoms with E-state index in [2.05, 4.69) is 27.7 Å². The zero-order chi connectivity index (χ0) is 25.0. The lowest BCUT2D eigenvalue weighted by Gasteiger charge is -2.24. The van der Waals surface area contributed by atoms with Crippen LogP contribution in [0.4, 0.5) is 0 Å². The first-order valence-corrected chi connectivity index (χ1v) is 16.6. The largest absolute Gasteiger partial charge is 0.0654 e. The fourth-order valence-electron chi connectivity index (χ4n) is 5.65. The molecule has 34 heavy (non-hydrogen) atoms. The molecule has 0 bridgehead atoms. The lowest BCUT2D eigenvalue weighted by atomic mass is 9.82. The van der Waals surface area contributed by atoms with Gasteiger partial charge < -0.3 is 0 Å². The summed E-state index contributed by atoms with van der Waals surface area (Å²) in [7, 11) is 0. The third-order valence-corrected chi connectivity index (χ3v) is 8.03. The van der Waals surface area contributed by atoms with Gasteiger partial charge in [0.15, 0.2) is 0 Å². The number of hydrogen-bond donors (Lipinski definition) is 0. The van der Waals surface area contributed by atoms with Gasteiger partial charge in [-0.2, -0.15) is 0 Å². The van der Waals surface area contributed by atoms with Gasteiger partial charge in [0.25, 0.3) is 0 Å². The molecule has 0 spiro atoms. The van der Waals surface area contributed by atoms with Gasteiger partial charge in [0.2, 0.25) is 0 Å². The Labute approximate surface area is 219 Å². The predicted octanol–water partition coefficient (Wildman–Crippen LogP) is 13.2. The monoisotopic (exact) mass is 478 g/mol. The standard InChI is InChI=1S/C34H69/c1-5-9-13-17-20-23-27-31-34(30-26-22-19-15-11-7-3)32-33(28-24-16-12-8-4)29-25-21-18-14-10-6-2/h33H,5-32H2,1-4H3. The fourth-order valence-corrected chi connectivity index (χ4v) is 5.65. The summed E-state index contributed by atoms with van der Waals surface area (Å²) in [5, 5.41) is 0. The minimum Gasteiger partial charge on any atom is -0.0654 e. The molecule has 1 atom stereocenters. The molecule has 0 heterocycles. The maximum absolute atomic E-state index is 2.35. The second-order valence-electron chi connectivity index (χ2n) is 11.6. The fraction of sp³-hybridized carbons (Fsp3) is 0.971. The molecule has 0 aromatic carbocycles. The van der Waals surface area contributed by atoms with E-state index in [4.69, 9.17) is 0 Å². The summed E-state index contributed by atoms with van der Waals surface area (Å²) in [5.74, 6) is 2.96. The molecule has 1 radical (unpaired) electrons. The summed E-state index contributed by atoms with van der Waals surface area (Å²) < 4.78 is 0. The van der Waals surface area contributed by atoms with Gasteiger partial charge in [-0.1, -0.05) is 188 Å². The zero-order valence-corrected chi connectivity index (χ0v) is 24.9. The number of hydrogen-bond acceptors (Lipinski definition) is 0. The summed E-state index contributed by atoms with van der Waals surface area (Å²) >= 11 is 0. The summed E-state index contributed by atoms with van der Waals surface area (Å²) in [6.45, 7) is 9.34. The van der Waals surface area contributed by atoms with Gasteiger partial charge in [0.1, 0.15) is 0 Å². The van der Waals surface area contributed by atoms with E-state index in [1.54, 1.807) is 0 Å². The Balaban J connectivity index is 4.52. The average molecular weight is 478 g/mol. The third-order valence-electron chi connectivity index (χ3n) is 8.03. The molecule has 0 fully saturated rings. The predicted molar refractivity (Wildman–Crippen MR) is 159 cm³/mol. The van der Waals surface area contributed by atoms with Gasteiger partial charge in [-0.15, -0.1) is 0 Å². The van der Waals surface area contributed by atoms with Crippen molar-refractivity contribution in [3.63, 3.8) is 0 Å². The highest BCUT2D eigenvalue weighted by Gasteiger charge is 2.17. The van der Waals surface area contributed by atoms with Gasteiger partial charge >= 0.3 is 0 Å². The van der Waals surface area contributed by atoms with Crippen LogP contribution < -0.4 is 0 Å². The Kier molecular flexibility index (Phi) is 29.2. The molecule has 0 N–H and O–H groups in total. The van der Waals surface area contributed by atoms with Gasteiger partial charge in [0, 0.05) is 0 Å². The molecule has 0 saturated heterocycles. The van der Waals surface area contributed by atoms with Crippen molar-refractivity contribution in [1.82, 2.24) is 0 Å². The quantitative estimate of drug-likeness (QED) is 0.0939. The van der Waals surface area contributed by atoms with Crippen LogP contribution in [0.2, 0.25) is 0 Å². The highest BCUT2D eigenvalue weighted by Crippen LogP contribution is 2.32. The Bertz CT molecular complexity index is 346. The number of unbranched alkanes of at least 4 members (excludes halogenated alkanes) is 19. The van der Waals surface area contributed by atoms with Crippen LogP contribution in [0.3, 0.4) is 0 Å². The Hall–Kier alpha value is 0. The third kappa shape index (κ3) is 25.1. The van der Waals surface area contributed by atoms with Gasteiger partial charge in [-0.05, 0) is 31.1 Å². The van der Waals surface area contributed by atoms with E-state index in [1.165, 1.54) is 180 Å². The second kappa shape index (κ2) is 29.2. The molecule has 0 rings (SSSR count). The molecule has 205 valence electrons. The summed E-state index contributed by atoms with van der Waals surface area (Å²) in [5.41, 5.74) is 0. The van der Waals surface area contributed by atoms with Gasteiger partial charge in [-0.3, -0.25) is 0 Å². The maximum Gasteiger partial charge on any atom is -0.0238 e. The smallest absolute Gasteiger partial charge is 0.0238 e. The first-order chi connectivity index (χ1) is 16.8. The van der Waals surface area contributed by atoms with Crippen LogP contribution in [-0.2, 0) is 0 Å². The van der Waals surface area contributed by atoms with E-state index in [0.29, 0.717) is 0 Å². The molecule has 0 aromatic heterocycles. The first kappa shape index (κ1) is 34.0. The summed E-state index contributed by atoms with van der Waals surface area (Å²) in [6, 6.07) is 0. The van der Waals surface area contributed by atoms with E-state index >= 15 is 0 Å². The highest BCUT2D eigenvalue weighted by atomic mass is 14.2. The molecular formula is C34H69. The molecular weight excluding hydrogens is 408 g/mol. The van der Waals surface area contributed by atoms with Crippen molar-refractivity contribution < 1.29 is 0 Å². The normalized spacial score (nSPS) is 12.6. The van der Waals surface area contributed by atoms with E-state index in [1.807, 2.05) is 5.92 Å². The van der Waals surface area contributed by atoms with Crippen molar-refractivity contribution in [2.75, 3.05) is 0 Å². The van der Waals surface area contributed by atoms with E-state index in [9.17, 15) is 0 Å². The van der Waals surface area contributed by atoms with Crippen LogP contribution in [-0.4, -0.2) is 0 Å². The first-order valence-electron chi connectivity index (χ1n) is 16.6. The zero-order valence-electron chi connectivity index (χ0n) is 24.9. The Morgan fingerprint density at radius 2 is 0.647 bits per heavy atom. The molecule has 0 amide bonds.